The van der Waals surface area contributed by atoms with Crippen molar-refractivity contribution in [3.63, 3.8) is 0 Å². The second-order valence-corrected chi connectivity index (χ2v) is 6.54. The molecule has 1 fully saturated rings. The van der Waals surface area contributed by atoms with Gasteiger partial charge in [0.2, 0.25) is 0 Å². The number of rotatable bonds is 6. The molecule has 24 heavy (non-hydrogen) atoms. The number of hydrogen-bond acceptors (Lipinski definition) is 5. The largest absolute Gasteiger partial charge is 0.497 e. The van der Waals surface area contributed by atoms with Crippen LogP contribution in [0.4, 0.5) is 0 Å². The van der Waals surface area contributed by atoms with E-state index in [0.29, 0.717) is 12.0 Å². The lowest BCUT2D eigenvalue weighted by Crippen LogP contribution is -2.44. The molecule has 2 heterocycles. The highest BCUT2D eigenvalue weighted by Gasteiger charge is 2.29. The molecule has 3 rings (SSSR count). The van der Waals surface area contributed by atoms with Gasteiger partial charge >= 0.3 is 0 Å². The lowest BCUT2D eigenvalue weighted by atomic mass is 9.88. The number of hydrogen-bond donors (Lipinski definition) is 0. The summed E-state index contributed by atoms with van der Waals surface area (Å²) in [6.07, 6.45) is 2.37. The topological polar surface area (TPSA) is 47.7 Å². The van der Waals surface area contributed by atoms with Crippen LogP contribution in [0.5, 0.6) is 5.75 Å². The molecule has 1 aromatic carbocycles. The Morgan fingerprint density at radius 1 is 1.25 bits per heavy atom. The van der Waals surface area contributed by atoms with E-state index in [2.05, 4.69) is 22.2 Å². The van der Waals surface area contributed by atoms with E-state index in [1.807, 2.05) is 32.2 Å². The van der Waals surface area contributed by atoms with Gasteiger partial charge in [-0.2, -0.15) is 0 Å². The fraction of sp³-hybridized carbons (Fsp3) is 0.526. The molecule has 130 valence electrons. The molecular weight excluding hydrogens is 304 g/mol. The Morgan fingerprint density at radius 3 is 2.67 bits per heavy atom. The average molecular weight is 330 g/mol. The number of benzene rings is 1. The van der Waals surface area contributed by atoms with Gasteiger partial charge in [0.05, 0.1) is 18.9 Å². The molecule has 0 amide bonds. The summed E-state index contributed by atoms with van der Waals surface area (Å²) in [6.45, 7) is 4.81. The monoisotopic (exact) mass is 330 g/mol. The van der Waals surface area contributed by atoms with E-state index in [-0.39, 0.29) is 0 Å². The summed E-state index contributed by atoms with van der Waals surface area (Å²) in [5.41, 5.74) is 2.33. The van der Waals surface area contributed by atoms with Crippen molar-refractivity contribution in [1.82, 2.24) is 10.1 Å². The second-order valence-electron chi connectivity index (χ2n) is 6.54. The van der Waals surface area contributed by atoms with Crippen LogP contribution >= 0.6 is 0 Å². The normalized spacial score (nSPS) is 21.8. The first kappa shape index (κ1) is 17.0. The second kappa shape index (κ2) is 7.81. The highest BCUT2D eigenvalue weighted by atomic mass is 16.5. The number of ether oxygens (including phenoxy) is 2. The molecule has 0 bridgehead atoms. The van der Waals surface area contributed by atoms with E-state index in [0.717, 1.165) is 49.7 Å². The average Bonchev–Trinajstić information content (AvgIpc) is 3.01. The van der Waals surface area contributed by atoms with E-state index in [1.165, 1.54) is 5.56 Å². The molecular formula is C19H26N2O3. The fourth-order valence-corrected chi connectivity index (χ4v) is 3.52. The lowest BCUT2D eigenvalue weighted by molar-refractivity contribution is -0.00896. The summed E-state index contributed by atoms with van der Waals surface area (Å²) in [5.74, 6) is 2.24. The van der Waals surface area contributed by atoms with Crippen LogP contribution in [-0.4, -0.2) is 43.5 Å². The van der Waals surface area contributed by atoms with E-state index in [1.54, 1.807) is 7.11 Å². The summed E-state index contributed by atoms with van der Waals surface area (Å²) < 4.78 is 16.2. The molecule has 1 aliphatic rings. The van der Waals surface area contributed by atoms with Crippen LogP contribution in [0.15, 0.2) is 34.9 Å². The number of nitrogens with zero attached hydrogens (tertiary/aromatic N) is 2. The number of methoxy groups -OCH3 is 2. The van der Waals surface area contributed by atoms with Crippen LogP contribution in [0, 0.1) is 12.8 Å². The van der Waals surface area contributed by atoms with Gasteiger partial charge in [-0.3, -0.25) is 4.90 Å². The third kappa shape index (κ3) is 4.16. The summed E-state index contributed by atoms with van der Waals surface area (Å²) in [4.78, 5) is 2.45. The van der Waals surface area contributed by atoms with Crippen molar-refractivity contribution >= 4 is 0 Å². The Bertz CT molecular complexity index is 638. The summed E-state index contributed by atoms with van der Waals surface area (Å²) in [5, 5.41) is 4.12. The van der Waals surface area contributed by atoms with Gasteiger partial charge in [0.15, 0.2) is 0 Å². The van der Waals surface area contributed by atoms with Gasteiger partial charge in [-0.15, -0.1) is 0 Å². The van der Waals surface area contributed by atoms with Crippen molar-refractivity contribution < 1.29 is 14.0 Å². The van der Waals surface area contributed by atoms with Crippen molar-refractivity contribution in [1.29, 1.82) is 0 Å². The zero-order valence-electron chi connectivity index (χ0n) is 14.7. The molecule has 5 heteroatoms. The predicted molar refractivity (Wildman–Crippen MR) is 92.1 cm³/mol. The number of piperidine rings is 1. The van der Waals surface area contributed by atoms with E-state index >= 15 is 0 Å². The first-order valence-electron chi connectivity index (χ1n) is 8.48. The Morgan fingerprint density at radius 2 is 2.04 bits per heavy atom. The molecule has 0 saturated carbocycles. The quantitative estimate of drug-likeness (QED) is 0.814. The van der Waals surface area contributed by atoms with Crippen LogP contribution in [-0.2, 0) is 17.7 Å². The molecule has 0 radical (unpaired) electrons. The molecule has 5 nitrogen and oxygen atoms in total. The maximum atomic E-state index is 5.74. The third-order valence-corrected chi connectivity index (χ3v) is 4.77. The van der Waals surface area contributed by atoms with E-state index in [4.69, 9.17) is 14.0 Å². The van der Waals surface area contributed by atoms with Crippen molar-refractivity contribution in [2.24, 2.45) is 5.92 Å². The standard InChI is InChI=1S/C19H26N2O3/c1-14-10-17(20-24-14)13-21-9-8-19(23-3)16(12-21)11-15-4-6-18(22-2)7-5-15/h4-7,10,16,19H,8-9,11-13H2,1-3H3/t16-,19+/m1/s1. The van der Waals surface area contributed by atoms with Gasteiger partial charge in [-0.1, -0.05) is 17.3 Å². The lowest BCUT2D eigenvalue weighted by Gasteiger charge is -2.37. The van der Waals surface area contributed by atoms with Gasteiger partial charge in [0.1, 0.15) is 11.5 Å². The predicted octanol–water partition coefficient (Wildman–Crippen LogP) is 3.07. The highest BCUT2D eigenvalue weighted by molar-refractivity contribution is 5.27. The van der Waals surface area contributed by atoms with Crippen molar-refractivity contribution in [2.45, 2.75) is 32.4 Å². The van der Waals surface area contributed by atoms with Crippen molar-refractivity contribution in [3.8, 4) is 5.75 Å². The van der Waals surface area contributed by atoms with Gasteiger partial charge < -0.3 is 14.0 Å². The van der Waals surface area contributed by atoms with Crippen LogP contribution in [0.2, 0.25) is 0 Å². The minimum Gasteiger partial charge on any atom is -0.497 e. The van der Waals surface area contributed by atoms with Gasteiger partial charge in [-0.25, -0.2) is 0 Å². The molecule has 1 aliphatic heterocycles. The van der Waals surface area contributed by atoms with Crippen LogP contribution in [0.25, 0.3) is 0 Å². The summed E-state index contributed by atoms with van der Waals surface area (Å²) in [6, 6.07) is 10.4. The SMILES string of the molecule is COc1ccc(C[C@@H]2CN(Cc3cc(C)on3)CC[C@@H]2OC)cc1. The van der Waals surface area contributed by atoms with Crippen molar-refractivity contribution in [3.05, 3.63) is 47.3 Å². The zero-order chi connectivity index (χ0) is 16.9. The Hall–Kier alpha value is -1.85. The molecule has 2 aromatic rings. The Kier molecular flexibility index (Phi) is 5.53. The number of likely N-dealkylation sites (tertiary alicyclic amines) is 1. The van der Waals surface area contributed by atoms with Crippen molar-refractivity contribution in [2.75, 3.05) is 27.3 Å². The first-order chi connectivity index (χ1) is 11.7. The van der Waals surface area contributed by atoms with Crippen LogP contribution in [0.3, 0.4) is 0 Å². The zero-order valence-corrected chi connectivity index (χ0v) is 14.7. The smallest absolute Gasteiger partial charge is 0.133 e. The molecule has 0 N–H and O–H groups in total. The van der Waals surface area contributed by atoms with Crippen LogP contribution < -0.4 is 4.74 Å². The molecule has 1 saturated heterocycles. The minimum atomic E-state index is 0.308. The Labute approximate surface area is 143 Å². The summed E-state index contributed by atoms with van der Waals surface area (Å²) in [7, 11) is 3.52. The van der Waals surface area contributed by atoms with E-state index in [9.17, 15) is 0 Å². The number of aryl methyl sites for hydroxylation is 1. The summed E-state index contributed by atoms with van der Waals surface area (Å²) >= 11 is 0. The fourth-order valence-electron chi connectivity index (χ4n) is 3.52. The molecule has 1 aromatic heterocycles. The molecule has 0 unspecified atom stereocenters. The minimum absolute atomic E-state index is 0.308. The van der Waals surface area contributed by atoms with Gasteiger partial charge in [0.25, 0.3) is 0 Å². The third-order valence-electron chi connectivity index (χ3n) is 4.77. The number of aromatic nitrogens is 1. The first-order valence-corrected chi connectivity index (χ1v) is 8.48. The maximum absolute atomic E-state index is 5.74. The maximum Gasteiger partial charge on any atom is 0.133 e. The molecule has 0 spiro atoms. The van der Waals surface area contributed by atoms with Crippen LogP contribution in [0.1, 0.15) is 23.4 Å². The molecule has 0 aliphatic carbocycles. The van der Waals surface area contributed by atoms with Gasteiger partial charge in [0, 0.05) is 38.7 Å². The molecule has 2 atom stereocenters. The highest BCUT2D eigenvalue weighted by Crippen LogP contribution is 2.25. The van der Waals surface area contributed by atoms with Gasteiger partial charge in [-0.05, 0) is 37.5 Å². The van der Waals surface area contributed by atoms with E-state index < -0.39 is 0 Å². The Balaban J connectivity index is 1.64.